The molecule has 1 saturated carbocycles. The minimum absolute atomic E-state index is 0.448. The lowest BCUT2D eigenvalue weighted by Gasteiger charge is -2.10. The average Bonchev–Trinajstić information content (AvgIpc) is 2.75. The minimum Gasteiger partial charge on any atom is -0.384 e. The van der Waals surface area contributed by atoms with Gasteiger partial charge in [0.25, 0.3) is 0 Å². The first kappa shape index (κ1) is 11.1. The molecule has 1 aliphatic rings. The van der Waals surface area contributed by atoms with E-state index in [-0.39, 0.29) is 0 Å². The number of rotatable bonds is 2. The third-order valence-electron chi connectivity index (χ3n) is 4.10. The minimum atomic E-state index is 0.448. The molecule has 0 aromatic carbocycles. The highest BCUT2D eigenvalue weighted by atomic mass is 15.1. The third-order valence-corrected chi connectivity index (χ3v) is 4.10. The van der Waals surface area contributed by atoms with E-state index in [1.807, 2.05) is 13.8 Å². The van der Waals surface area contributed by atoms with Gasteiger partial charge >= 0.3 is 0 Å². The second-order valence-electron chi connectivity index (χ2n) is 5.58. The van der Waals surface area contributed by atoms with Crippen molar-refractivity contribution in [3.05, 3.63) is 16.8 Å². The fourth-order valence-electron chi connectivity index (χ4n) is 2.38. The van der Waals surface area contributed by atoms with Crippen LogP contribution in [-0.2, 0) is 6.54 Å². The highest BCUT2D eigenvalue weighted by Crippen LogP contribution is 2.52. The smallest absolute Gasteiger partial charge is 0.122 e. The maximum atomic E-state index is 9.05. The number of anilines is 1. The van der Waals surface area contributed by atoms with Crippen LogP contribution in [0.4, 0.5) is 5.82 Å². The van der Waals surface area contributed by atoms with Gasteiger partial charge in [-0.1, -0.05) is 13.8 Å². The highest BCUT2D eigenvalue weighted by molar-refractivity contribution is 5.57. The number of nitrogen functional groups attached to an aromatic ring is 1. The number of hydrogen-bond donors (Lipinski definition) is 1. The molecule has 2 N–H and O–H groups in total. The van der Waals surface area contributed by atoms with Crippen molar-refractivity contribution in [2.24, 2.45) is 11.3 Å². The molecule has 1 aliphatic carbocycles. The first-order chi connectivity index (χ1) is 7.38. The van der Waals surface area contributed by atoms with Crippen molar-refractivity contribution >= 4 is 5.82 Å². The lowest BCUT2D eigenvalue weighted by Crippen LogP contribution is -2.09. The summed E-state index contributed by atoms with van der Waals surface area (Å²) in [5.41, 5.74) is 9.28. The first-order valence-corrected chi connectivity index (χ1v) is 5.73. The predicted octanol–water partition coefficient (Wildman–Crippen LogP) is 2.60. The lowest BCUT2D eigenvalue weighted by molar-refractivity contribution is 0.497. The molecule has 1 unspecified atom stereocenters. The largest absolute Gasteiger partial charge is 0.384 e. The second-order valence-corrected chi connectivity index (χ2v) is 5.58. The third kappa shape index (κ3) is 1.49. The molecule has 0 saturated heterocycles. The molecule has 1 atom stereocenters. The van der Waals surface area contributed by atoms with E-state index >= 15 is 0 Å². The van der Waals surface area contributed by atoms with Crippen molar-refractivity contribution < 1.29 is 0 Å². The van der Waals surface area contributed by atoms with E-state index in [9.17, 15) is 0 Å². The summed E-state index contributed by atoms with van der Waals surface area (Å²) in [7, 11) is 0. The summed E-state index contributed by atoms with van der Waals surface area (Å²) in [4.78, 5) is 0. The molecule has 0 aliphatic heterocycles. The van der Waals surface area contributed by atoms with E-state index in [4.69, 9.17) is 11.0 Å². The highest BCUT2D eigenvalue weighted by Gasteiger charge is 2.45. The summed E-state index contributed by atoms with van der Waals surface area (Å²) in [6.45, 7) is 9.53. The van der Waals surface area contributed by atoms with Crippen LogP contribution >= 0.6 is 0 Å². The van der Waals surface area contributed by atoms with Gasteiger partial charge in [0.1, 0.15) is 11.9 Å². The Bertz CT molecular complexity index is 474. The van der Waals surface area contributed by atoms with E-state index in [2.05, 4.69) is 24.5 Å². The van der Waals surface area contributed by atoms with Crippen LogP contribution in [0, 0.1) is 36.5 Å². The zero-order valence-corrected chi connectivity index (χ0v) is 10.5. The second kappa shape index (κ2) is 3.28. The Morgan fingerprint density at radius 1 is 1.50 bits per heavy atom. The predicted molar refractivity (Wildman–Crippen MR) is 64.9 cm³/mol. The van der Waals surface area contributed by atoms with E-state index in [1.54, 1.807) is 0 Å². The van der Waals surface area contributed by atoms with Crippen LogP contribution in [0.15, 0.2) is 0 Å². The molecular formula is C13H19N3. The van der Waals surface area contributed by atoms with Crippen molar-refractivity contribution in [2.45, 2.75) is 40.7 Å². The lowest BCUT2D eigenvalue weighted by atomic mass is 10.1. The quantitative estimate of drug-likeness (QED) is 0.827. The number of nitrogens with two attached hydrogens (primary N) is 1. The van der Waals surface area contributed by atoms with Gasteiger partial charge in [-0.25, -0.2) is 0 Å². The molecule has 3 heteroatoms. The van der Waals surface area contributed by atoms with Crippen molar-refractivity contribution in [1.82, 2.24) is 4.57 Å². The maximum absolute atomic E-state index is 9.05. The molecule has 16 heavy (non-hydrogen) atoms. The van der Waals surface area contributed by atoms with E-state index in [1.165, 1.54) is 6.42 Å². The van der Waals surface area contributed by atoms with Crippen LogP contribution in [0.2, 0.25) is 0 Å². The molecule has 0 bridgehead atoms. The molecular weight excluding hydrogens is 198 g/mol. The Morgan fingerprint density at radius 2 is 2.06 bits per heavy atom. The van der Waals surface area contributed by atoms with E-state index in [0.717, 1.165) is 17.8 Å². The summed E-state index contributed by atoms with van der Waals surface area (Å²) < 4.78 is 2.10. The number of hydrogen-bond acceptors (Lipinski definition) is 2. The van der Waals surface area contributed by atoms with Gasteiger partial charge in [0.2, 0.25) is 0 Å². The van der Waals surface area contributed by atoms with Gasteiger partial charge in [-0.05, 0) is 37.2 Å². The van der Waals surface area contributed by atoms with Gasteiger partial charge in [-0.3, -0.25) is 0 Å². The Labute approximate surface area is 96.9 Å². The summed E-state index contributed by atoms with van der Waals surface area (Å²) in [6.07, 6.45) is 1.25. The van der Waals surface area contributed by atoms with Crippen LogP contribution in [0.3, 0.4) is 0 Å². The molecule has 86 valence electrons. The van der Waals surface area contributed by atoms with Gasteiger partial charge in [-0.2, -0.15) is 5.26 Å². The Hall–Kier alpha value is -1.43. The van der Waals surface area contributed by atoms with Crippen molar-refractivity contribution in [3.8, 4) is 6.07 Å². The number of nitriles is 1. The standard InChI is InChI=1S/C13H19N3/c1-8-9(2)16(12(15)11(8)6-14)7-10-5-13(10,3)4/h10H,5,7,15H2,1-4H3. The molecule has 2 rings (SSSR count). The molecule has 1 fully saturated rings. The molecule has 0 amide bonds. The summed E-state index contributed by atoms with van der Waals surface area (Å²) >= 11 is 0. The van der Waals surface area contributed by atoms with Crippen LogP contribution in [0.5, 0.6) is 0 Å². The summed E-state index contributed by atoms with van der Waals surface area (Å²) in [5, 5.41) is 9.05. The summed E-state index contributed by atoms with van der Waals surface area (Å²) in [5.74, 6) is 1.34. The first-order valence-electron chi connectivity index (χ1n) is 5.73. The number of aromatic nitrogens is 1. The zero-order valence-electron chi connectivity index (χ0n) is 10.5. The average molecular weight is 217 g/mol. The van der Waals surface area contributed by atoms with Crippen molar-refractivity contribution in [2.75, 3.05) is 5.73 Å². The van der Waals surface area contributed by atoms with Gasteiger partial charge in [-0.15, -0.1) is 0 Å². The van der Waals surface area contributed by atoms with Gasteiger partial charge in [0.15, 0.2) is 0 Å². The molecule has 3 nitrogen and oxygen atoms in total. The van der Waals surface area contributed by atoms with Crippen molar-refractivity contribution in [3.63, 3.8) is 0 Å². The zero-order chi connectivity index (χ0) is 12.1. The van der Waals surface area contributed by atoms with Crippen LogP contribution in [0.1, 0.15) is 37.1 Å². The van der Waals surface area contributed by atoms with Crippen LogP contribution in [-0.4, -0.2) is 4.57 Å². The topological polar surface area (TPSA) is 54.7 Å². The molecule has 0 spiro atoms. The Kier molecular flexibility index (Phi) is 2.27. The fraction of sp³-hybridized carbons (Fsp3) is 0.615. The Morgan fingerprint density at radius 3 is 2.44 bits per heavy atom. The Balaban J connectivity index is 2.32. The monoisotopic (exact) mass is 217 g/mol. The van der Waals surface area contributed by atoms with E-state index < -0.39 is 0 Å². The summed E-state index contributed by atoms with van der Waals surface area (Å²) in [6, 6.07) is 2.19. The normalized spacial score (nSPS) is 21.8. The molecule has 1 aromatic heterocycles. The number of nitrogens with zero attached hydrogens (tertiary/aromatic N) is 2. The van der Waals surface area contributed by atoms with Crippen LogP contribution < -0.4 is 5.73 Å². The molecule has 1 aromatic rings. The molecule has 1 heterocycles. The van der Waals surface area contributed by atoms with Crippen LogP contribution in [0.25, 0.3) is 0 Å². The van der Waals surface area contributed by atoms with E-state index in [0.29, 0.717) is 22.7 Å². The van der Waals surface area contributed by atoms with Gasteiger partial charge in [0.05, 0.1) is 5.56 Å². The molecule has 0 radical (unpaired) electrons. The van der Waals surface area contributed by atoms with Crippen molar-refractivity contribution in [1.29, 1.82) is 5.26 Å². The van der Waals surface area contributed by atoms with Gasteiger partial charge < -0.3 is 10.3 Å². The SMILES string of the molecule is Cc1c(C#N)c(N)n(CC2CC2(C)C)c1C. The van der Waals surface area contributed by atoms with Gasteiger partial charge in [0, 0.05) is 12.2 Å². The fourth-order valence-corrected chi connectivity index (χ4v) is 2.38. The maximum Gasteiger partial charge on any atom is 0.122 e.